The van der Waals surface area contributed by atoms with Gasteiger partial charge in [0.25, 0.3) is 0 Å². The van der Waals surface area contributed by atoms with Crippen molar-refractivity contribution in [1.82, 2.24) is 15.5 Å². The average molecular weight is 373 g/mol. The Morgan fingerprint density at radius 2 is 1.89 bits per heavy atom. The molecule has 2 atom stereocenters. The van der Waals surface area contributed by atoms with Gasteiger partial charge in [-0.25, -0.2) is 0 Å². The van der Waals surface area contributed by atoms with E-state index in [0.29, 0.717) is 30.0 Å². The number of rotatable bonds is 4. The number of hydrogen-bond acceptors (Lipinski definition) is 5. The molecular formula is C21H31N3O3. The molecule has 0 saturated heterocycles. The van der Waals surface area contributed by atoms with Crippen molar-refractivity contribution in [2.45, 2.75) is 95.1 Å². The molecule has 1 aromatic heterocycles. The number of nitrogens with one attached hydrogen (secondary N) is 1. The van der Waals surface area contributed by atoms with Crippen LogP contribution in [0.1, 0.15) is 88.8 Å². The predicted molar refractivity (Wildman–Crippen MR) is 98.6 cm³/mol. The van der Waals surface area contributed by atoms with Crippen LogP contribution in [-0.4, -0.2) is 26.8 Å². The first-order valence-electron chi connectivity index (χ1n) is 10.7. The molecule has 6 rings (SSSR count). The van der Waals surface area contributed by atoms with E-state index in [1.54, 1.807) is 6.92 Å². The molecule has 4 bridgehead atoms. The van der Waals surface area contributed by atoms with Crippen LogP contribution in [0.25, 0.3) is 0 Å². The Bertz CT molecular complexity index is 723. The van der Waals surface area contributed by atoms with Crippen molar-refractivity contribution in [1.29, 1.82) is 0 Å². The molecule has 0 spiro atoms. The first kappa shape index (κ1) is 17.7. The maximum atomic E-state index is 13.2. The van der Waals surface area contributed by atoms with Gasteiger partial charge in [0.2, 0.25) is 11.8 Å². The number of amides is 1. The lowest BCUT2D eigenvalue weighted by Crippen LogP contribution is -2.57. The van der Waals surface area contributed by atoms with E-state index in [1.807, 2.05) is 0 Å². The SMILES string of the molecule is Cc1nc(C2(NC(=O)CC34C[C@H]5C[C@@H](CC(O)(C5)C3)C4)CCCCC2)no1. The molecule has 0 aromatic carbocycles. The topological polar surface area (TPSA) is 88.2 Å². The zero-order chi connectivity index (χ0) is 18.7. The molecule has 0 unspecified atom stereocenters. The second-order valence-electron chi connectivity index (χ2n) is 10.2. The van der Waals surface area contributed by atoms with Gasteiger partial charge in [0.05, 0.1) is 5.60 Å². The van der Waals surface area contributed by atoms with Gasteiger partial charge in [0.15, 0.2) is 5.82 Å². The van der Waals surface area contributed by atoms with Gasteiger partial charge in [-0.2, -0.15) is 4.98 Å². The minimum absolute atomic E-state index is 0.00799. The smallest absolute Gasteiger partial charge is 0.223 e. The van der Waals surface area contributed by atoms with E-state index in [9.17, 15) is 9.90 Å². The van der Waals surface area contributed by atoms with Crippen molar-refractivity contribution in [3.63, 3.8) is 0 Å². The normalized spacial score (nSPS) is 39.5. The van der Waals surface area contributed by atoms with E-state index in [-0.39, 0.29) is 11.3 Å². The fourth-order valence-corrected chi connectivity index (χ4v) is 7.31. The molecule has 5 aliphatic rings. The van der Waals surface area contributed by atoms with Gasteiger partial charge in [-0.1, -0.05) is 24.4 Å². The summed E-state index contributed by atoms with van der Waals surface area (Å²) in [7, 11) is 0. The summed E-state index contributed by atoms with van der Waals surface area (Å²) in [5, 5.41) is 18.5. The van der Waals surface area contributed by atoms with Crippen molar-refractivity contribution in [2.75, 3.05) is 0 Å². The lowest BCUT2D eigenvalue weighted by molar-refractivity contribution is -0.169. The summed E-state index contributed by atoms with van der Waals surface area (Å²) in [6.07, 6.45) is 11.8. The zero-order valence-corrected chi connectivity index (χ0v) is 16.3. The molecule has 1 amide bonds. The van der Waals surface area contributed by atoms with Crippen molar-refractivity contribution in [3.8, 4) is 0 Å². The molecule has 27 heavy (non-hydrogen) atoms. The van der Waals surface area contributed by atoms with E-state index in [0.717, 1.165) is 57.8 Å². The fraction of sp³-hybridized carbons (Fsp3) is 0.857. The highest BCUT2D eigenvalue weighted by Crippen LogP contribution is 2.62. The fourth-order valence-electron chi connectivity index (χ4n) is 7.31. The van der Waals surface area contributed by atoms with Gasteiger partial charge in [-0.15, -0.1) is 0 Å². The van der Waals surface area contributed by atoms with Crippen LogP contribution >= 0.6 is 0 Å². The van der Waals surface area contributed by atoms with Gasteiger partial charge in [-0.05, 0) is 68.6 Å². The maximum absolute atomic E-state index is 13.2. The number of hydrogen-bond donors (Lipinski definition) is 2. The zero-order valence-electron chi connectivity index (χ0n) is 16.3. The molecule has 2 N–H and O–H groups in total. The van der Waals surface area contributed by atoms with E-state index in [1.165, 1.54) is 12.8 Å². The van der Waals surface area contributed by atoms with Gasteiger partial charge >= 0.3 is 0 Å². The largest absolute Gasteiger partial charge is 0.390 e. The van der Waals surface area contributed by atoms with E-state index in [4.69, 9.17) is 4.52 Å². The van der Waals surface area contributed by atoms with Crippen molar-refractivity contribution >= 4 is 5.91 Å². The summed E-state index contributed by atoms with van der Waals surface area (Å²) in [5.41, 5.74) is -1.00. The van der Waals surface area contributed by atoms with Crippen LogP contribution in [0.4, 0.5) is 0 Å². The minimum atomic E-state index is -0.516. The van der Waals surface area contributed by atoms with E-state index >= 15 is 0 Å². The number of aliphatic hydroxyl groups is 1. The van der Waals surface area contributed by atoms with Crippen LogP contribution in [-0.2, 0) is 10.3 Å². The predicted octanol–water partition coefficient (Wildman–Crippen LogP) is 3.38. The Hall–Kier alpha value is -1.43. The van der Waals surface area contributed by atoms with Crippen molar-refractivity contribution in [3.05, 3.63) is 11.7 Å². The molecule has 5 aliphatic carbocycles. The average Bonchev–Trinajstić information content (AvgIpc) is 3.00. The van der Waals surface area contributed by atoms with Crippen LogP contribution in [0.3, 0.4) is 0 Å². The van der Waals surface area contributed by atoms with Crippen LogP contribution < -0.4 is 5.32 Å². The monoisotopic (exact) mass is 373 g/mol. The quantitative estimate of drug-likeness (QED) is 0.845. The Morgan fingerprint density at radius 3 is 2.48 bits per heavy atom. The van der Waals surface area contributed by atoms with Gasteiger partial charge in [0, 0.05) is 13.3 Å². The molecule has 0 aliphatic heterocycles. The molecule has 1 heterocycles. The highest BCUT2D eigenvalue weighted by molar-refractivity contribution is 5.77. The number of aryl methyl sites for hydroxylation is 1. The summed E-state index contributed by atoms with van der Waals surface area (Å²) >= 11 is 0. The molecule has 0 radical (unpaired) electrons. The summed E-state index contributed by atoms with van der Waals surface area (Å²) in [6.45, 7) is 1.80. The molecular weight excluding hydrogens is 342 g/mol. The van der Waals surface area contributed by atoms with Gasteiger partial charge in [0.1, 0.15) is 5.54 Å². The van der Waals surface area contributed by atoms with Crippen molar-refractivity contribution < 1.29 is 14.4 Å². The molecule has 5 saturated carbocycles. The summed E-state index contributed by atoms with van der Waals surface area (Å²) in [6, 6.07) is 0. The van der Waals surface area contributed by atoms with Gasteiger partial charge in [-0.3, -0.25) is 4.79 Å². The second-order valence-corrected chi connectivity index (χ2v) is 10.2. The third-order valence-electron chi connectivity index (χ3n) is 7.73. The lowest BCUT2D eigenvalue weighted by atomic mass is 9.47. The highest BCUT2D eigenvalue weighted by Gasteiger charge is 2.57. The molecule has 148 valence electrons. The second kappa shape index (κ2) is 6.03. The number of carbonyl (C=O) groups is 1. The molecule has 5 fully saturated rings. The number of aromatic nitrogens is 2. The number of carbonyl (C=O) groups excluding carboxylic acids is 1. The third kappa shape index (κ3) is 3.10. The first-order chi connectivity index (χ1) is 12.9. The third-order valence-corrected chi connectivity index (χ3v) is 7.73. The number of nitrogens with zero attached hydrogens (tertiary/aromatic N) is 2. The maximum Gasteiger partial charge on any atom is 0.223 e. The summed E-state index contributed by atoms with van der Waals surface area (Å²) in [5.74, 6) is 2.50. The highest BCUT2D eigenvalue weighted by atomic mass is 16.5. The minimum Gasteiger partial charge on any atom is -0.390 e. The summed E-state index contributed by atoms with van der Waals surface area (Å²) < 4.78 is 5.23. The lowest BCUT2D eigenvalue weighted by Gasteiger charge is -2.60. The molecule has 6 nitrogen and oxygen atoms in total. The van der Waals surface area contributed by atoms with Crippen LogP contribution in [0.15, 0.2) is 4.52 Å². The Kier molecular flexibility index (Phi) is 3.94. The van der Waals surface area contributed by atoms with Gasteiger partial charge < -0.3 is 14.9 Å². The Morgan fingerprint density at radius 1 is 1.19 bits per heavy atom. The van der Waals surface area contributed by atoms with Crippen molar-refractivity contribution in [2.24, 2.45) is 17.3 Å². The molecule has 1 aromatic rings. The Balaban J connectivity index is 1.35. The first-order valence-corrected chi connectivity index (χ1v) is 10.7. The van der Waals surface area contributed by atoms with Crippen LogP contribution in [0.2, 0.25) is 0 Å². The van der Waals surface area contributed by atoms with E-state index < -0.39 is 11.1 Å². The van der Waals surface area contributed by atoms with E-state index in [2.05, 4.69) is 15.5 Å². The standard InChI is InChI=1S/C21H31N3O3/c1-14-22-18(24-27-14)21(5-3-2-4-6-21)23-17(25)12-19-8-15-7-16(9-19)11-20(26,10-15)13-19/h15-16,26H,2-13H2,1H3,(H,23,25)/t15-,16-,19?,20?/m1/s1. The van der Waals surface area contributed by atoms with Crippen LogP contribution in [0, 0.1) is 24.2 Å². The summed E-state index contributed by atoms with van der Waals surface area (Å²) in [4.78, 5) is 17.7. The van der Waals surface area contributed by atoms with Crippen LogP contribution in [0.5, 0.6) is 0 Å². The Labute approximate surface area is 160 Å². The molecule has 6 heteroatoms.